The second-order valence-electron chi connectivity index (χ2n) is 6.04. The Morgan fingerprint density at radius 2 is 2.04 bits per heavy atom. The van der Waals surface area contributed by atoms with Crippen molar-refractivity contribution in [1.82, 2.24) is 14.9 Å². The van der Waals surface area contributed by atoms with Crippen molar-refractivity contribution < 1.29 is 4.79 Å². The van der Waals surface area contributed by atoms with Crippen LogP contribution in [-0.2, 0) is 4.79 Å². The molecule has 0 aromatic carbocycles. The number of thiazole rings is 1. The number of nitrogens with zero attached hydrogens (tertiary/aromatic N) is 4. The van der Waals surface area contributed by atoms with Crippen molar-refractivity contribution in [3.8, 4) is 0 Å². The molecule has 3 heterocycles. The van der Waals surface area contributed by atoms with E-state index in [0.29, 0.717) is 10.0 Å². The number of carbonyl (C=O) groups is 1. The Labute approximate surface area is 154 Å². The first-order valence-corrected chi connectivity index (χ1v) is 10.1. The molecule has 0 N–H and O–H groups in total. The molecule has 0 radical (unpaired) electrons. The first-order chi connectivity index (χ1) is 12.3. The van der Waals surface area contributed by atoms with Crippen LogP contribution in [0.25, 0.3) is 6.08 Å². The predicted molar refractivity (Wildman–Crippen MR) is 103 cm³/mol. The van der Waals surface area contributed by atoms with Crippen molar-refractivity contribution in [2.24, 2.45) is 4.99 Å². The summed E-state index contributed by atoms with van der Waals surface area (Å²) in [5, 5.41) is 3.33. The summed E-state index contributed by atoms with van der Waals surface area (Å²) < 4.78 is 0. The van der Waals surface area contributed by atoms with Gasteiger partial charge in [0, 0.05) is 23.8 Å². The van der Waals surface area contributed by atoms with Gasteiger partial charge >= 0.3 is 0 Å². The highest BCUT2D eigenvalue weighted by Crippen LogP contribution is 2.38. The van der Waals surface area contributed by atoms with E-state index in [1.165, 1.54) is 42.4 Å². The third kappa shape index (κ3) is 3.67. The first kappa shape index (κ1) is 16.5. The third-order valence-electron chi connectivity index (χ3n) is 4.35. The normalized spacial score (nSPS) is 22.2. The Morgan fingerprint density at radius 3 is 2.76 bits per heavy atom. The minimum absolute atomic E-state index is 0.0397. The summed E-state index contributed by atoms with van der Waals surface area (Å²) >= 11 is 2.91. The second-order valence-corrected chi connectivity index (χ2v) is 7.92. The Bertz CT molecular complexity index is 796. The van der Waals surface area contributed by atoms with Crippen molar-refractivity contribution in [2.75, 3.05) is 0 Å². The zero-order valence-corrected chi connectivity index (χ0v) is 15.3. The van der Waals surface area contributed by atoms with Gasteiger partial charge in [0.1, 0.15) is 0 Å². The number of rotatable bonds is 3. The fraction of sp³-hybridized carbons (Fsp3) is 0.333. The maximum absolute atomic E-state index is 13.1. The maximum atomic E-state index is 13.1. The molecular formula is C18H18N4OS2. The van der Waals surface area contributed by atoms with E-state index >= 15 is 0 Å². The minimum atomic E-state index is 0.0397. The zero-order chi connectivity index (χ0) is 17.1. The van der Waals surface area contributed by atoms with E-state index in [-0.39, 0.29) is 11.9 Å². The quantitative estimate of drug-likeness (QED) is 0.748. The lowest BCUT2D eigenvalue weighted by Gasteiger charge is -2.30. The van der Waals surface area contributed by atoms with Crippen molar-refractivity contribution >= 4 is 45.4 Å². The topological polar surface area (TPSA) is 58.5 Å². The number of aromatic nitrogens is 2. The lowest BCUT2D eigenvalue weighted by atomic mass is 9.94. The molecule has 0 unspecified atom stereocenters. The van der Waals surface area contributed by atoms with Gasteiger partial charge in [-0.15, -0.1) is 11.3 Å². The number of hydrogen-bond acceptors (Lipinski definition) is 6. The van der Waals surface area contributed by atoms with Crippen molar-refractivity contribution in [3.05, 3.63) is 46.6 Å². The Hall–Kier alpha value is -1.99. The van der Waals surface area contributed by atoms with Gasteiger partial charge in [-0.05, 0) is 42.8 Å². The molecule has 0 bridgehead atoms. The summed E-state index contributed by atoms with van der Waals surface area (Å²) in [5.41, 5.74) is 0.789. The monoisotopic (exact) mass is 370 g/mol. The van der Waals surface area contributed by atoms with Crippen LogP contribution in [0, 0.1) is 0 Å². The van der Waals surface area contributed by atoms with Crippen LogP contribution in [0.2, 0.25) is 0 Å². The highest BCUT2D eigenvalue weighted by molar-refractivity contribution is 8.18. The molecule has 0 atom stereocenters. The summed E-state index contributed by atoms with van der Waals surface area (Å²) in [7, 11) is 0. The molecule has 1 aliphatic heterocycles. The fourth-order valence-electron chi connectivity index (χ4n) is 3.17. The zero-order valence-electron chi connectivity index (χ0n) is 13.7. The highest BCUT2D eigenvalue weighted by Gasteiger charge is 2.38. The first-order valence-electron chi connectivity index (χ1n) is 8.43. The second kappa shape index (κ2) is 7.49. The Kier molecular flexibility index (Phi) is 4.94. The van der Waals surface area contributed by atoms with E-state index in [9.17, 15) is 4.79 Å². The number of pyridine rings is 1. The lowest BCUT2D eigenvalue weighted by Crippen LogP contribution is -2.40. The summed E-state index contributed by atoms with van der Waals surface area (Å²) in [6, 6.07) is 5.94. The van der Waals surface area contributed by atoms with Gasteiger partial charge in [0.05, 0.1) is 10.6 Å². The number of amides is 1. The molecule has 0 spiro atoms. The molecule has 7 heteroatoms. The third-order valence-corrected chi connectivity index (χ3v) is 6.00. The molecule has 1 saturated carbocycles. The van der Waals surface area contributed by atoms with Gasteiger partial charge in [0.25, 0.3) is 5.91 Å². The summed E-state index contributed by atoms with van der Waals surface area (Å²) in [5.74, 6) is 0.0397. The molecular weight excluding hydrogens is 352 g/mol. The number of amidine groups is 1. The lowest BCUT2D eigenvalue weighted by molar-refractivity contribution is -0.124. The fourth-order valence-corrected chi connectivity index (χ4v) is 4.76. The van der Waals surface area contributed by atoms with Crippen LogP contribution in [0.5, 0.6) is 0 Å². The van der Waals surface area contributed by atoms with Gasteiger partial charge in [-0.25, -0.2) is 4.98 Å². The van der Waals surface area contributed by atoms with Crippen LogP contribution in [0.4, 0.5) is 5.13 Å². The van der Waals surface area contributed by atoms with Gasteiger partial charge in [-0.2, -0.15) is 4.99 Å². The van der Waals surface area contributed by atoms with Crippen LogP contribution in [0.15, 0.2) is 45.9 Å². The molecule has 1 aliphatic carbocycles. The van der Waals surface area contributed by atoms with E-state index in [1.54, 1.807) is 12.4 Å². The molecule has 128 valence electrons. The van der Waals surface area contributed by atoms with Crippen LogP contribution >= 0.6 is 23.1 Å². The summed E-state index contributed by atoms with van der Waals surface area (Å²) in [4.78, 5) is 28.8. The Balaban J connectivity index is 1.68. The van der Waals surface area contributed by atoms with Crippen LogP contribution in [0.1, 0.15) is 37.8 Å². The maximum Gasteiger partial charge on any atom is 0.267 e. The number of aliphatic imine (C=N–C) groups is 1. The SMILES string of the molecule is O=C1/C(=C/c2ccccn2)S/C(=N/c2nccs2)N1C1CCCCC1. The number of hydrogen-bond donors (Lipinski definition) is 0. The standard InChI is InChI=1S/C18H18N4OS2/c23-16-15(12-13-6-4-5-9-19-13)25-18(21-17-20-10-11-24-17)22(16)14-7-2-1-3-8-14/h4-6,9-12,14H,1-3,7-8H2/b15-12-,21-18+. The molecule has 25 heavy (non-hydrogen) atoms. The van der Waals surface area contributed by atoms with Gasteiger partial charge < -0.3 is 0 Å². The largest absolute Gasteiger partial charge is 0.283 e. The average Bonchev–Trinajstić information content (AvgIpc) is 3.26. The van der Waals surface area contributed by atoms with Gasteiger partial charge in [-0.1, -0.05) is 25.3 Å². The molecule has 2 aromatic rings. The van der Waals surface area contributed by atoms with Crippen molar-refractivity contribution in [2.45, 2.75) is 38.1 Å². The van der Waals surface area contributed by atoms with Crippen LogP contribution in [0.3, 0.4) is 0 Å². The predicted octanol–water partition coefficient (Wildman–Crippen LogP) is 4.47. The molecule has 2 fully saturated rings. The van der Waals surface area contributed by atoms with E-state index < -0.39 is 0 Å². The van der Waals surface area contributed by atoms with Gasteiger partial charge in [-0.3, -0.25) is 14.7 Å². The van der Waals surface area contributed by atoms with Gasteiger partial charge in [0.2, 0.25) is 5.13 Å². The molecule has 5 nitrogen and oxygen atoms in total. The van der Waals surface area contributed by atoms with Gasteiger partial charge in [0.15, 0.2) is 5.17 Å². The molecule has 1 saturated heterocycles. The van der Waals surface area contributed by atoms with Crippen molar-refractivity contribution in [3.63, 3.8) is 0 Å². The van der Waals surface area contributed by atoms with E-state index in [1.807, 2.05) is 34.6 Å². The minimum Gasteiger partial charge on any atom is -0.283 e. The number of thioether (sulfide) groups is 1. The van der Waals surface area contributed by atoms with Crippen molar-refractivity contribution in [1.29, 1.82) is 0 Å². The van der Waals surface area contributed by atoms with E-state index in [2.05, 4.69) is 15.0 Å². The Morgan fingerprint density at radius 1 is 1.16 bits per heavy atom. The van der Waals surface area contributed by atoms with E-state index in [0.717, 1.165) is 23.7 Å². The molecule has 1 amide bonds. The summed E-state index contributed by atoms with van der Waals surface area (Å²) in [6.07, 6.45) is 11.0. The summed E-state index contributed by atoms with van der Waals surface area (Å²) in [6.45, 7) is 0. The molecule has 2 aromatic heterocycles. The molecule has 2 aliphatic rings. The van der Waals surface area contributed by atoms with Crippen LogP contribution in [-0.4, -0.2) is 32.0 Å². The van der Waals surface area contributed by atoms with Crippen LogP contribution < -0.4 is 0 Å². The highest BCUT2D eigenvalue weighted by atomic mass is 32.2. The van der Waals surface area contributed by atoms with E-state index in [4.69, 9.17) is 0 Å². The number of carbonyl (C=O) groups excluding carboxylic acids is 1. The smallest absolute Gasteiger partial charge is 0.267 e. The molecule has 4 rings (SSSR count). The average molecular weight is 371 g/mol.